The van der Waals surface area contributed by atoms with Gasteiger partial charge in [-0.1, -0.05) is 6.07 Å². The van der Waals surface area contributed by atoms with Crippen LogP contribution in [0.1, 0.15) is 11.1 Å². The molecule has 16 heavy (non-hydrogen) atoms. The van der Waals surface area contributed by atoms with Crippen LogP contribution < -0.4 is 5.73 Å². The Morgan fingerprint density at radius 2 is 1.88 bits per heavy atom. The monoisotopic (exact) mass is 253 g/mol. The van der Waals surface area contributed by atoms with E-state index in [4.69, 9.17) is 5.73 Å². The summed E-state index contributed by atoms with van der Waals surface area (Å²) in [5.74, 6) is -0.434. The number of hydrogen-bond acceptors (Lipinski definition) is 3. The van der Waals surface area contributed by atoms with Crippen LogP contribution in [0.3, 0.4) is 0 Å². The van der Waals surface area contributed by atoms with Crippen LogP contribution in [0.5, 0.6) is 0 Å². The van der Waals surface area contributed by atoms with Crippen molar-refractivity contribution in [3.8, 4) is 0 Å². The first-order valence-corrected chi connectivity index (χ1v) is 6.29. The fourth-order valence-electron chi connectivity index (χ4n) is 1.24. The predicted molar refractivity (Wildman–Crippen MR) is 54.4 cm³/mol. The Bertz CT molecular complexity index is 494. The van der Waals surface area contributed by atoms with Gasteiger partial charge in [0.15, 0.2) is 9.84 Å². The second kappa shape index (κ2) is 3.97. The molecule has 2 N–H and O–H groups in total. The van der Waals surface area contributed by atoms with Gasteiger partial charge in [0, 0.05) is 11.9 Å². The van der Waals surface area contributed by atoms with E-state index in [1.807, 2.05) is 0 Å². The molecule has 1 aromatic rings. The number of hydrogen-bond donors (Lipinski definition) is 1. The minimum atomic E-state index is -4.57. The normalized spacial score (nSPS) is 12.8. The SMILES string of the molecule is CS(=O)(=O)Cc1ccc(N)c(C(F)(F)F)c1. The number of benzene rings is 1. The van der Waals surface area contributed by atoms with E-state index in [9.17, 15) is 21.6 Å². The van der Waals surface area contributed by atoms with Gasteiger partial charge in [-0.25, -0.2) is 8.42 Å². The number of anilines is 1. The van der Waals surface area contributed by atoms with Crippen molar-refractivity contribution in [3.05, 3.63) is 29.3 Å². The lowest BCUT2D eigenvalue weighted by Crippen LogP contribution is -2.10. The van der Waals surface area contributed by atoms with E-state index in [0.717, 1.165) is 18.4 Å². The van der Waals surface area contributed by atoms with Crippen LogP contribution in [0.4, 0.5) is 18.9 Å². The van der Waals surface area contributed by atoms with Gasteiger partial charge in [0.25, 0.3) is 0 Å². The molecule has 0 saturated heterocycles. The highest BCUT2D eigenvalue weighted by molar-refractivity contribution is 7.89. The molecule has 0 aromatic heterocycles. The molecule has 0 spiro atoms. The van der Waals surface area contributed by atoms with Gasteiger partial charge >= 0.3 is 6.18 Å². The van der Waals surface area contributed by atoms with Crippen LogP contribution in [0, 0.1) is 0 Å². The maximum absolute atomic E-state index is 12.4. The van der Waals surface area contributed by atoms with Gasteiger partial charge in [0.2, 0.25) is 0 Å². The highest BCUT2D eigenvalue weighted by atomic mass is 32.2. The van der Waals surface area contributed by atoms with Crippen LogP contribution in [-0.4, -0.2) is 14.7 Å². The second-order valence-corrected chi connectivity index (χ2v) is 5.63. The molecule has 90 valence electrons. The van der Waals surface area contributed by atoms with Crippen molar-refractivity contribution in [1.29, 1.82) is 0 Å². The summed E-state index contributed by atoms with van der Waals surface area (Å²) in [7, 11) is -3.36. The average Bonchev–Trinajstić information content (AvgIpc) is 2.04. The van der Waals surface area contributed by atoms with Gasteiger partial charge in [-0.2, -0.15) is 13.2 Å². The first-order valence-electron chi connectivity index (χ1n) is 4.23. The topological polar surface area (TPSA) is 60.2 Å². The van der Waals surface area contributed by atoms with Gasteiger partial charge < -0.3 is 5.73 Å². The molecule has 0 unspecified atom stereocenters. The Morgan fingerprint density at radius 1 is 1.31 bits per heavy atom. The maximum Gasteiger partial charge on any atom is 0.418 e. The molecule has 0 heterocycles. The molecule has 0 amide bonds. The molecule has 0 aliphatic rings. The van der Waals surface area contributed by atoms with Crippen LogP contribution >= 0.6 is 0 Å². The Hall–Kier alpha value is -1.24. The van der Waals surface area contributed by atoms with Gasteiger partial charge in [0.1, 0.15) is 0 Å². The van der Waals surface area contributed by atoms with Gasteiger partial charge in [-0.3, -0.25) is 0 Å². The summed E-state index contributed by atoms with van der Waals surface area (Å²) in [5, 5.41) is 0. The molecule has 3 nitrogen and oxygen atoms in total. The van der Waals surface area contributed by atoms with Crippen molar-refractivity contribution in [2.24, 2.45) is 0 Å². The van der Waals surface area contributed by atoms with Gasteiger partial charge in [-0.15, -0.1) is 0 Å². The Labute approximate surface area is 91.0 Å². The molecule has 0 atom stereocenters. The summed E-state index contributed by atoms with van der Waals surface area (Å²) in [6, 6.07) is 3.09. The zero-order valence-corrected chi connectivity index (χ0v) is 9.19. The fourth-order valence-corrected chi connectivity index (χ4v) is 2.03. The number of nitrogens with two attached hydrogens (primary N) is 1. The number of halogens is 3. The molecule has 7 heteroatoms. The zero-order valence-electron chi connectivity index (χ0n) is 8.38. The van der Waals surface area contributed by atoms with Gasteiger partial charge in [0.05, 0.1) is 11.3 Å². The largest absolute Gasteiger partial charge is 0.418 e. The van der Waals surface area contributed by atoms with Crippen molar-refractivity contribution in [2.75, 3.05) is 12.0 Å². The number of alkyl halides is 3. The van der Waals surface area contributed by atoms with Gasteiger partial charge in [-0.05, 0) is 17.7 Å². The third kappa shape index (κ3) is 3.41. The first-order chi connectivity index (χ1) is 7.09. The lowest BCUT2D eigenvalue weighted by atomic mass is 10.1. The standard InChI is InChI=1S/C9H10F3NO2S/c1-16(14,15)5-6-2-3-8(13)7(4-6)9(10,11)12/h2-4H,5,13H2,1H3. The molecule has 0 aliphatic carbocycles. The third-order valence-corrected chi connectivity index (χ3v) is 2.71. The molecular formula is C9H10F3NO2S. The third-order valence-electron chi connectivity index (χ3n) is 1.85. The van der Waals surface area contributed by atoms with E-state index in [2.05, 4.69) is 0 Å². The smallest absolute Gasteiger partial charge is 0.398 e. The van der Waals surface area contributed by atoms with Crippen LogP contribution in [0.15, 0.2) is 18.2 Å². The predicted octanol–water partition coefficient (Wildman–Crippen LogP) is 1.83. The van der Waals surface area contributed by atoms with Crippen molar-refractivity contribution in [2.45, 2.75) is 11.9 Å². The Kier molecular flexibility index (Phi) is 3.18. The minimum absolute atomic E-state index is 0.0732. The average molecular weight is 253 g/mol. The Balaban J connectivity index is 3.18. The summed E-state index contributed by atoms with van der Waals surface area (Å²) in [5.41, 5.74) is 3.82. The lowest BCUT2D eigenvalue weighted by Gasteiger charge is -2.11. The number of rotatable bonds is 2. The molecule has 0 aliphatic heterocycles. The van der Waals surface area contributed by atoms with E-state index in [1.54, 1.807) is 0 Å². The summed E-state index contributed by atoms with van der Waals surface area (Å²) < 4.78 is 59.2. The van der Waals surface area contributed by atoms with Crippen LogP contribution in [-0.2, 0) is 21.8 Å². The Morgan fingerprint density at radius 3 is 2.31 bits per heavy atom. The fraction of sp³-hybridized carbons (Fsp3) is 0.333. The molecule has 0 saturated carbocycles. The molecule has 0 fully saturated rings. The van der Waals surface area contributed by atoms with Crippen LogP contribution in [0.25, 0.3) is 0 Å². The second-order valence-electron chi connectivity index (χ2n) is 3.49. The van der Waals surface area contributed by atoms with E-state index in [1.165, 1.54) is 6.07 Å². The highest BCUT2D eigenvalue weighted by Gasteiger charge is 2.33. The van der Waals surface area contributed by atoms with Crippen molar-refractivity contribution < 1.29 is 21.6 Å². The van der Waals surface area contributed by atoms with Crippen molar-refractivity contribution in [1.82, 2.24) is 0 Å². The summed E-state index contributed by atoms with van der Waals surface area (Å²) in [4.78, 5) is 0. The van der Waals surface area contributed by atoms with E-state index < -0.39 is 33.0 Å². The number of nitrogen functional groups attached to an aromatic ring is 1. The zero-order chi connectivity index (χ0) is 12.6. The molecule has 0 bridgehead atoms. The summed E-state index contributed by atoms with van der Waals surface area (Å²) in [6.07, 6.45) is -3.62. The van der Waals surface area contributed by atoms with E-state index in [-0.39, 0.29) is 5.56 Å². The van der Waals surface area contributed by atoms with E-state index >= 15 is 0 Å². The van der Waals surface area contributed by atoms with Crippen molar-refractivity contribution in [3.63, 3.8) is 0 Å². The summed E-state index contributed by atoms with van der Waals surface area (Å²) in [6.45, 7) is 0. The quantitative estimate of drug-likeness (QED) is 0.818. The molecule has 1 rings (SSSR count). The first kappa shape index (κ1) is 12.8. The highest BCUT2D eigenvalue weighted by Crippen LogP contribution is 2.34. The summed E-state index contributed by atoms with van der Waals surface area (Å²) >= 11 is 0. The number of sulfone groups is 1. The van der Waals surface area contributed by atoms with Crippen LogP contribution in [0.2, 0.25) is 0 Å². The van der Waals surface area contributed by atoms with E-state index in [0.29, 0.717) is 0 Å². The maximum atomic E-state index is 12.4. The minimum Gasteiger partial charge on any atom is -0.398 e. The molecular weight excluding hydrogens is 243 g/mol. The van der Waals surface area contributed by atoms with Crippen molar-refractivity contribution >= 4 is 15.5 Å². The lowest BCUT2D eigenvalue weighted by molar-refractivity contribution is -0.136. The molecule has 1 aromatic carbocycles. The molecule has 0 radical (unpaired) electrons.